The second-order valence-electron chi connectivity index (χ2n) is 6.07. The van der Waals surface area contributed by atoms with E-state index in [1.165, 1.54) is 4.68 Å². The van der Waals surface area contributed by atoms with Gasteiger partial charge in [-0.1, -0.05) is 60.5 Å². The first-order valence-electron chi connectivity index (χ1n) is 8.79. The highest BCUT2D eigenvalue weighted by molar-refractivity contribution is 6.37. The molecule has 0 aliphatic rings. The van der Waals surface area contributed by atoms with Crippen LogP contribution >= 0.6 is 23.2 Å². The standard InChI is InChI=1S/C20H20Cl2N4O2/c1-3-17-24-19(25-26(17)18-15(21)9-6-10-16(18)22)20(27)23-11-13-7-4-5-8-14(13)12-28-2/h4-10H,3,11-12H2,1-2H3,(H,23,27). The van der Waals surface area contributed by atoms with Gasteiger partial charge in [0.15, 0.2) is 0 Å². The van der Waals surface area contributed by atoms with Crippen LogP contribution in [0.3, 0.4) is 0 Å². The number of para-hydroxylation sites is 1. The third-order valence-electron chi connectivity index (χ3n) is 4.20. The van der Waals surface area contributed by atoms with Gasteiger partial charge in [-0.25, -0.2) is 9.67 Å². The molecule has 1 heterocycles. The highest BCUT2D eigenvalue weighted by Crippen LogP contribution is 2.28. The van der Waals surface area contributed by atoms with E-state index in [1.807, 2.05) is 31.2 Å². The van der Waals surface area contributed by atoms with Gasteiger partial charge in [0.05, 0.1) is 16.7 Å². The molecule has 3 rings (SSSR count). The fourth-order valence-electron chi connectivity index (χ4n) is 2.82. The zero-order chi connectivity index (χ0) is 20.1. The van der Waals surface area contributed by atoms with E-state index in [9.17, 15) is 4.79 Å². The number of hydrogen-bond donors (Lipinski definition) is 1. The zero-order valence-electron chi connectivity index (χ0n) is 15.6. The van der Waals surface area contributed by atoms with Crippen LogP contribution in [0.25, 0.3) is 5.69 Å². The van der Waals surface area contributed by atoms with Gasteiger partial charge in [-0.05, 0) is 23.3 Å². The van der Waals surface area contributed by atoms with Crippen molar-refractivity contribution in [1.82, 2.24) is 20.1 Å². The van der Waals surface area contributed by atoms with Gasteiger partial charge in [-0.15, -0.1) is 5.10 Å². The van der Waals surface area contributed by atoms with Crippen molar-refractivity contribution in [2.45, 2.75) is 26.5 Å². The molecule has 0 atom stereocenters. The molecule has 0 spiro atoms. The summed E-state index contributed by atoms with van der Waals surface area (Å²) in [5.41, 5.74) is 2.50. The molecule has 8 heteroatoms. The van der Waals surface area contributed by atoms with Crippen LogP contribution in [0.4, 0.5) is 0 Å². The molecule has 3 aromatic rings. The molecule has 6 nitrogen and oxygen atoms in total. The van der Waals surface area contributed by atoms with E-state index in [0.29, 0.717) is 41.1 Å². The Bertz CT molecular complexity index is 968. The molecule has 1 N–H and O–H groups in total. The van der Waals surface area contributed by atoms with Crippen LogP contribution in [-0.2, 0) is 24.3 Å². The molecule has 0 aliphatic heterocycles. The number of benzene rings is 2. The van der Waals surface area contributed by atoms with E-state index >= 15 is 0 Å². The first-order valence-corrected chi connectivity index (χ1v) is 9.55. The minimum absolute atomic E-state index is 0.0667. The molecule has 0 saturated carbocycles. The fraction of sp³-hybridized carbons (Fsp3) is 0.250. The van der Waals surface area contributed by atoms with Gasteiger partial charge >= 0.3 is 0 Å². The van der Waals surface area contributed by atoms with Crippen LogP contribution in [0.1, 0.15) is 34.5 Å². The number of nitrogens with one attached hydrogen (secondary N) is 1. The Morgan fingerprint density at radius 3 is 2.43 bits per heavy atom. The van der Waals surface area contributed by atoms with Crippen LogP contribution in [0.5, 0.6) is 0 Å². The Kier molecular flexibility index (Phi) is 6.67. The Balaban J connectivity index is 1.83. The summed E-state index contributed by atoms with van der Waals surface area (Å²) in [6.07, 6.45) is 0.568. The molecule has 1 amide bonds. The lowest BCUT2D eigenvalue weighted by atomic mass is 10.1. The van der Waals surface area contributed by atoms with Gasteiger partial charge in [-0.2, -0.15) is 0 Å². The van der Waals surface area contributed by atoms with Crippen LogP contribution in [0.15, 0.2) is 42.5 Å². The monoisotopic (exact) mass is 418 g/mol. The number of methoxy groups -OCH3 is 1. The second kappa shape index (κ2) is 9.19. The molecule has 1 aromatic heterocycles. The normalized spacial score (nSPS) is 10.9. The maximum Gasteiger partial charge on any atom is 0.291 e. The molecule has 28 heavy (non-hydrogen) atoms. The minimum atomic E-state index is -0.371. The average molecular weight is 419 g/mol. The third-order valence-corrected chi connectivity index (χ3v) is 4.81. The molecule has 0 radical (unpaired) electrons. The third kappa shape index (κ3) is 4.35. The average Bonchev–Trinajstić information content (AvgIpc) is 3.11. The lowest BCUT2D eigenvalue weighted by Crippen LogP contribution is -2.24. The molecule has 0 bridgehead atoms. The van der Waals surface area contributed by atoms with Crippen LogP contribution < -0.4 is 5.32 Å². The summed E-state index contributed by atoms with van der Waals surface area (Å²) >= 11 is 12.6. The Hall–Kier alpha value is -2.41. The molecular weight excluding hydrogens is 399 g/mol. The molecule has 0 fully saturated rings. The quantitative estimate of drug-likeness (QED) is 0.623. The summed E-state index contributed by atoms with van der Waals surface area (Å²) in [5, 5.41) is 8.08. The number of hydrogen-bond acceptors (Lipinski definition) is 4. The summed E-state index contributed by atoms with van der Waals surface area (Å²) in [5.74, 6) is 0.292. The van der Waals surface area contributed by atoms with Crippen molar-refractivity contribution in [3.63, 3.8) is 0 Å². The first-order chi connectivity index (χ1) is 13.5. The highest BCUT2D eigenvalue weighted by atomic mass is 35.5. The number of ether oxygens (including phenoxy) is 1. The predicted octanol–water partition coefficient (Wildman–Crippen LogP) is 4.21. The minimum Gasteiger partial charge on any atom is -0.380 e. The maximum absolute atomic E-state index is 12.6. The zero-order valence-corrected chi connectivity index (χ0v) is 17.1. The van der Waals surface area contributed by atoms with E-state index < -0.39 is 0 Å². The molecule has 2 aromatic carbocycles. The van der Waals surface area contributed by atoms with Crippen molar-refractivity contribution in [2.24, 2.45) is 0 Å². The summed E-state index contributed by atoms with van der Waals surface area (Å²) in [7, 11) is 1.64. The highest BCUT2D eigenvalue weighted by Gasteiger charge is 2.19. The van der Waals surface area contributed by atoms with Gasteiger partial charge < -0.3 is 10.1 Å². The van der Waals surface area contributed by atoms with Crippen molar-refractivity contribution in [3.05, 3.63) is 75.3 Å². The van der Waals surface area contributed by atoms with Crippen molar-refractivity contribution in [3.8, 4) is 5.69 Å². The van der Waals surface area contributed by atoms with Gasteiger partial charge in [0.2, 0.25) is 5.82 Å². The van der Waals surface area contributed by atoms with E-state index in [2.05, 4.69) is 15.4 Å². The molecule has 0 unspecified atom stereocenters. The van der Waals surface area contributed by atoms with Crippen molar-refractivity contribution >= 4 is 29.1 Å². The van der Waals surface area contributed by atoms with E-state index in [1.54, 1.807) is 25.3 Å². The van der Waals surface area contributed by atoms with Gasteiger partial charge in [-0.3, -0.25) is 4.79 Å². The van der Waals surface area contributed by atoms with Gasteiger partial charge in [0.1, 0.15) is 11.5 Å². The Morgan fingerprint density at radius 1 is 1.11 bits per heavy atom. The molecule has 0 saturated heterocycles. The van der Waals surface area contributed by atoms with Crippen LogP contribution in [-0.4, -0.2) is 27.8 Å². The predicted molar refractivity (Wildman–Crippen MR) is 109 cm³/mol. The SMILES string of the molecule is CCc1nc(C(=O)NCc2ccccc2COC)nn1-c1c(Cl)cccc1Cl. The van der Waals surface area contributed by atoms with E-state index in [0.717, 1.165) is 11.1 Å². The second-order valence-corrected chi connectivity index (χ2v) is 6.89. The van der Waals surface area contributed by atoms with Crippen LogP contribution in [0.2, 0.25) is 10.0 Å². The Labute approximate surface area is 173 Å². The summed E-state index contributed by atoms with van der Waals surface area (Å²) in [4.78, 5) is 17.0. The van der Waals surface area contributed by atoms with Crippen molar-refractivity contribution < 1.29 is 9.53 Å². The Morgan fingerprint density at radius 2 is 1.79 bits per heavy atom. The first kappa shape index (κ1) is 20.3. The fourth-order valence-corrected chi connectivity index (χ4v) is 3.38. The molecule has 0 aliphatic carbocycles. The van der Waals surface area contributed by atoms with Gasteiger partial charge in [0, 0.05) is 20.1 Å². The number of carbonyl (C=O) groups is 1. The number of amides is 1. The van der Waals surface area contributed by atoms with Crippen molar-refractivity contribution in [1.29, 1.82) is 0 Å². The topological polar surface area (TPSA) is 69.0 Å². The maximum atomic E-state index is 12.6. The summed E-state index contributed by atoms with van der Waals surface area (Å²) in [6.45, 7) is 2.75. The summed E-state index contributed by atoms with van der Waals surface area (Å²) < 4.78 is 6.73. The number of nitrogens with zero attached hydrogens (tertiary/aromatic N) is 3. The number of aryl methyl sites for hydroxylation is 1. The molecular formula is C20H20Cl2N4O2. The lowest BCUT2D eigenvalue weighted by molar-refractivity contribution is 0.0940. The number of rotatable bonds is 7. The smallest absolute Gasteiger partial charge is 0.291 e. The van der Waals surface area contributed by atoms with Crippen LogP contribution in [0, 0.1) is 0 Å². The van der Waals surface area contributed by atoms with Crippen molar-refractivity contribution in [2.75, 3.05) is 7.11 Å². The number of carbonyl (C=O) groups excluding carboxylic acids is 1. The van der Waals surface area contributed by atoms with Gasteiger partial charge in [0.25, 0.3) is 5.91 Å². The largest absolute Gasteiger partial charge is 0.380 e. The molecule has 146 valence electrons. The lowest BCUT2D eigenvalue weighted by Gasteiger charge is -2.09. The summed E-state index contributed by atoms with van der Waals surface area (Å²) in [6, 6.07) is 13.0. The number of aromatic nitrogens is 3. The van der Waals surface area contributed by atoms with E-state index in [4.69, 9.17) is 27.9 Å². The number of halogens is 2. The van der Waals surface area contributed by atoms with E-state index in [-0.39, 0.29) is 11.7 Å².